The Hall–Kier alpha value is -2.15. The van der Waals surface area contributed by atoms with Gasteiger partial charge in [0, 0.05) is 26.3 Å². The topological polar surface area (TPSA) is 78.5 Å². The summed E-state index contributed by atoms with van der Waals surface area (Å²) < 4.78 is 6.20. The molecule has 1 aromatic heterocycles. The lowest BCUT2D eigenvalue weighted by molar-refractivity contribution is -0.142. The van der Waals surface area contributed by atoms with Crippen molar-refractivity contribution in [2.75, 3.05) is 26.7 Å². The molecule has 1 spiro atoms. The van der Waals surface area contributed by atoms with Crippen LogP contribution in [0.3, 0.4) is 0 Å². The largest absolute Gasteiger partial charge is 0.360 e. The maximum absolute atomic E-state index is 13.2. The number of likely N-dealkylation sites (tertiary alicyclic amines) is 1. The third kappa shape index (κ3) is 3.08. The molecule has 2 bridgehead atoms. The van der Waals surface area contributed by atoms with Crippen molar-refractivity contribution in [1.82, 2.24) is 20.0 Å². The zero-order valence-electron chi connectivity index (χ0n) is 16.4. The number of hydrogen-bond donors (Lipinski definition) is 1. The number of nitrogens with zero attached hydrogens (tertiary/aromatic N) is 3. The fourth-order valence-corrected chi connectivity index (χ4v) is 4.64. The zero-order valence-corrected chi connectivity index (χ0v) is 16.4. The van der Waals surface area contributed by atoms with Crippen molar-refractivity contribution in [3.8, 4) is 0 Å². The van der Waals surface area contributed by atoms with E-state index in [0.717, 1.165) is 12.0 Å². The number of ether oxygens (including phenoxy) is 1. The van der Waals surface area contributed by atoms with Gasteiger partial charge in [-0.1, -0.05) is 32.9 Å². The number of aromatic amines is 1. The minimum atomic E-state index is -0.626. The summed E-state index contributed by atoms with van der Waals surface area (Å²) in [4.78, 5) is 30.0. The summed E-state index contributed by atoms with van der Waals surface area (Å²) in [6.07, 6.45) is 8.02. The van der Waals surface area contributed by atoms with Crippen LogP contribution in [0.15, 0.2) is 24.5 Å². The van der Waals surface area contributed by atoms with Crippen molar-refractivity contribution in [1.29, 1.82) is 0 Å². The lowest BCUT2D eigenvalue weighted by Crippen LogP contribution is -2.45. The van der Waals surface area contributed by atoms with Gasteiger partial charge in [0.2, 0.25) is 11.8 Å². The van der Waals surface area contributed by atoms with Crippen molar-refractivity contribution in [3.05, 3.63) is 30.1 Å². The third-order valence-electron chi connectivity index (χ3n) is 5.80. The highest BCUT2D eigenvalue weighted by atomic mass is 16.5. The van der Waals surface area contributed by atoms with Crippen LogP contribution in [-0.4, -0.2) is 70.2 Å². The van der Waals surface area contributed by atoms with Crippen molar-refractivity contribution in [3.63, 3.8) is 0 Å². The molecule has 3 aliphatic heterocycles. The van der Waals surface area contributed by atoms with E-state index in [1.165, 1.54) is 0 Å². The number of carbonyl (C=O) groups excluding carboxylic acids is 2. The number of fused-ring (bicyclic) bond motifs is 1. The number of likely N-dealkylation sites (N-methyl/N-ethyl adjacent to an activating group) is 1. The summed E-state index contributed by atoms with van der Waals surface area (Å²) in [5.74, 6) is -0.787. The second-order valence-electron chi connectivity index (χ2n) is 9.27. The quantitative estimate of drug-likeness (QED) is 0.789. The van der Waals surface area contributed by atoms with Crippen LogP contribution in [0.5, 0.6) is 0 Å². The Balaban J connectivity index is 1.49. The van der Waals surface area contributed by atoms with Gasteiger partial charge in [0.15, 0.2) is 0 Å². The fourth-order valence-electron chi connectivity index (χ4n) is 4.64. The molecule has 2 fully saturated rings. The van der Waals surface area contributed by atoms with Gasteiger partial charge >= 0.3 is 0 Å². The van der Waals surface area contributed by atoms with E-state index in [2.05, 4.69) is 31.0 Å². The van der Waals surface area contributed by atoms with E-state index < -0.39 is 17.4 Å². The molecule has 0 unspecified atom stereocenters. The van der Waals surface area contributed by atoms with E-state index in [4.69, 9.17) is 4.74 Å². The molecule has 1 N–H and O–H groups in total. The minimum absolute atomic E-state index is 0.00749. The van der Waals surface area contributed by atoms with Crippen LogP contribution in [0.25, 0.3) is 0 Å². The molecule has 4 rings (SSSR count). The highest BCUT2D eigenvalue weighted by Gasteiger charge is 2.67. The van der Waals surface area contributed by atoms with E-state index in [9.17, 15) is 9.59 Å². The molecule has 0 aromatic carbocycles. The third-order valence-corrected chi connectivity index (χ3v) is 5.80. The van der Waals surface area contributed by atoms with E-state index >= 15 is 0 Å². The Morgan fingerprint density at radius 3 is 2.93 bits per heavy atom. The smallest absolute Gasteiger partial charge is 0.230 e. The Labute approximate surface area is 159 Å². The monoisotopic (exact) mass is 372 g/mol. The SMILES string of the molecule is CN(CCc1cn[nH]c1)C(=O)[C@@H]1[C@@H]2C=C[C@@]3(CN(CC(C)(C)C)C(=O)[C@@H]13)O2. The normalized spacial score (nSPS) is 31.6. The molecule has 2 amide bonds. The Bertz CT molecular complexity index is 767. The number of amides is 2. The first-order valence-corrected chi connectivity index (χ1v) is 9.59. The van der Waals surface area contributed by atoms with Gasteiger partial charge in [-0.25, -0.2) is 0 Å². The van der Waals surface area contributed by atoms with Crippen molar-refractivity contribution >= 4 is 11.8 Å². The van der Waals surface area contributed by atoms with Gasteiger partial charge in [0.25, 0.3) is 0 Å². The van der Waals surface area contributed by atoms with Gasteiger partial charge in [0.05, 0.1) is 30.7 Å². The number of rotatable bonds is 5. The Morgan fingerprint density at radius 1 is 1.48 bits per heavy atom. The molecule has 0 aliphatic carbocycles. The lowest BCUT2D eigenvalue weighted by atomic mass is 9.76. The van der Waals surface area contributed by atoms with Gasteiger partial charge < -0.3 is 14.5 Å². The molecule has 27 heavy (non-hydrogen) atoms. The average Bonchev–Trinajstić information content (AvgIpc) is 3.33. The molecule has 1 aromatic rings. The summed E-state index contributed by atoms with van der Waals surface area (Å²) in [6, 6.07) is 0. The van der Waals surface area contributed by atoms with Gasteiger partial charge in [-0.15, -0.1) is 0 Å². The zero-order chi connectivity index (χ0) is 19.4. The number of aromatic nitrogens is 2. The highest BCUT2D eigenvalue weighted by molar-refractivity contribution is 5.93. The molecular formula is C20H28N4O3. The van der Waals surface area contributed by atoms with Crippen molar-refractivity contribution in [2.24, 2.45) is 17.3 Å². The maximum atomic E-state index is 13.2. The second kappa shape index (κ2) is 6.19. The first kappa shape index (κ1) is 18.2. The predicted octanol–water partition coefficient (Wildman–Crippen LogP) is 1.24. The second-order valence-corrected chi connectivity index (χ2v) is 9.27. The average molecular weight is 372 g/mol. The van der Waals surface area contributed by atoms with Gasteiger partial charge in [0.1, 0.15) is 5.60 Å². The molecule has 4 atom stereocenters. The van der Waals surface area contributed by atoms with Crippen LogP contribution in [0.4, 0.5) is 0 Å². The van der Waals surface area contributed by atoms with Crippen LogP contribution in [0.1, 0.15) is 26.3 Å². The summed E-state index contributed by atoms with van der Waals surface area (Å²) in [5.41, 5.74) is 0.440. The van der Waals surface area contributed by atoms with Gasteiger partial charge in [-0.05, 0) is 17.4 Å². The van der Waals surface area contributed by atoms with Crippen LogP contribution in [0, 0.1) is 17.3 Å². The highest BCUT2D eigenvalue weighted by Crippen LogP contribution is 2.52. The van der Waals surface area contributed by atoms with Crippen molar-refractivity contribution in [2.45, 2.75) is 38.9 Å². The van der Waals surface area contributed by atoms with Gasteiger partial charge in [-0.2, -0.15) is 5.10 Å². The molecule has 3 aliphatic rings. The molecule has 7 heteroatoms. The van der Waals surface area contributed by atoms with Crippen molar-refractivity contribution < 1.29 is 14.3 Å². The standard InChI is InChI=1S/C20H28N4O3/c1-19(2,3)11-24-12-20-7-5-14(27-20)15(16(20)18(24)26)17(25)23(4)8-6-13-9-21-22-10-13/h5,7,9-10,14-16H,6,8,11-12H2,1-4H3,(H,21,22)/t14-,15+,16+,20-/m0/s1. The summed E-state index contributed by atoms with van der Waals surface area (Å²) >= 11 is 0. The van der Waals surface area contributed by atoms with Crippen LogP contribution < -0.4 is 0 Å². The molecule has 0 radical (unpaired) electrons. The first-order valence-electron chi connectivity index (χ1n) is 9.59. The van der Waals surface area contributed by atoms with Gasteiger partial charge in [-0.3, -0.25) is 14.7 Å². The Kier molecular flexibility index (Phi) is 4.18. The van der Waals surface area contributed by atoms with Crippen LogP contribution in [0.2, 0.25) is 0 Å². The molecule has 0 saturated carbocycles. The molecule has 4 heterocycles. The number of hydrogen-bond acceptors (Lipinski definition) is 4. The van der Waals surface area contributed by atoms with Crippen LogP contribution in [-0.2, 0) is 20.7 Å². The fraction of sp³-hybridized carbons (Fsp3) is 0.650. The van der Waals surface area contributed by atoms with E-state index in [1.807, 2.05) is 23.2 Å². The summed E-state index contributed by atoms with van der Waals surface area (Å²) in [5, 5.41) is 6.72. The summed E-state index contributed by atoms with van der Waals surface area (Å²) in [6.45, 7) is 8.16. The molecule has 146 valence electrons. The first-order chi connectivity index (χ1) is 12.7. The predicted molar refractivity (Wildman–Crippen MR) is 99.7 cm³/mol. The minimum Gasteiger partial charge on any atom is -0.360 e. The maximum Gasteiger partial charge on any atom is 0.230 e. The molecule has 7 nitrogen and oxygen atoms in total. The summed E-state index contributed by atoms with van der Waals surface area (Å²) in [7, 11) is 1.80. The van der Waals surface area contributed by atoms with E-state index in [1.54, 1.807) is 18.1 Å². The lowest BCUT2D eigenvalue weighted by Gasteiger charge is -2.29. The number of carbonyl (C=O) groups is 2. The van der Waals surface area contributed by atoms with E-state index in [0.29, 0.717) is 19.6 Å². The van der Waals surface area contributed by atoms with E-state index in [-0.39, 0.29) is 23.3 Å². The molecular weight excluding hydrogens is 344 g/mol. The number of nitrogens with one attached hydrogen (secondary N) is 1. The number of H-pyrrole nitrogens is 1. The molecule has 2 saturated heterocycles. The van der Waals surface area contributed by atoms with Crippen LogP contribution >= 0.6 is 0 Å². The Morgan fingerprint density at radius 2 is 2.26 bits per heavy atom.